The first-order valence-corrected chi connectivity index (χ1v) is 12.7. The Morgan fingerprint density at radius 2 is 1.64 bits per heavy atom. The molecule has 1 spiro atoms. The number of allylic oxidation sites excluding steroid dienone is 5. The van der Waals surface area contributed by atoms with Crippen molar-refractivity contribution in [3.05, 3.63) is 119 Å². The number of aliphatic hydroxyl groups excluding tert-OH is 1. The molecule has 0 amide bonds. The van der Waals surface area contributed by atoms with Crippen LogP contribution in [0.3, 0.4) is 0 Å². The number of aromatic hydroxyl groups is 1. The molecule has 5 aromatic carbocycles. The molecule has 0 aliphatic heterocycles. The number of hydrogen-bond acceptors (Lipinski definition) is 2. The van der Waals surface area contributed by atoms with Gasteiger partial charge in [-0.1, -0.05) is 85.0 Å². The number of fused-ring (bicyclic) bond motifs is 6. The lowest BCUT2D eigenvalue weighted by Crippen LogP contribution is -2.46. The van der Waals surface area contributed by atoms with Crippen molar-refractivity contribution in [2.45, 2.75) is 12.3 Å². The summed E-state index contributed by atoms with van der Waals surface area (Å²) in [6.07, 6.45) is 10.2. The lowest BCUT2D eigenvalue weighted by molar-refractivity contribution is 0.283. The van der Waals surface area contributed by atoms with E-state index in [0.29, 0.717) is 11.5 Å². The fraction of sp³-hybridized carbons (Fsp3) is 0.118. The number of benzene rings is 5. The zero-order valence-electron chi connectivity index (χ0n) is 19.5. The van der Waals surface area contributed by atoms with Gasteiger partial charge in [-0.2, -0.15) is 0 Å². The molecular weight excluding hydrogens is 440 g/mol. The highest BCUT2D eigenvalue weighted by atomic mass is 16.3. The first kappa shape index (κ1) is 19.0. The second-order valence-electron chi connectivity index (χ2n) is 10.7. The third kappa shape index (κ3) is 1.96. The van der Waals surface area contributed by atoms with E-state index in [-0.39, 0.29) is 17.3 Å². The highest BCUT2D eigenvalue weighted by Gasteiger charge is 2.56. The first-order valence-electron chi connectivity index (χ1n) is 12.7. The van der Waals surface area contributed by atoms with E-state index in [9.17, 15) is 10.2 Å². The fourth-order valence-electron chi connectivity index (χ4n) is 7.86. The zero-order valence-corrected chi connectivity index (χ0v) is 19.5. The minimum atomic E-state index is -0.255. The molecule has 4 aliphatic carbocycles. The molecule has 0 bridgehead atoms. The van der Waals surface area contributed by atoms with E-state index >= 15 is 0 Å². The van der Waals surface area contributed by atoms with Gasteiger partial charge >= 0.3 is 0 Å². The van der Waals surface area contributed by atoms with Gasteiger partial charge in [0, 0.05) is 39.2 Å². The van der Waals surface area contributed by atoms with E-state index < -0.39 is 0 Å². The second-order valence-corrected chi connectivity index (χ2v) is 10.7. The van der Waals surface area contributed by atoms with E-state index in [1.165, 1.54) is 32.9 Å². The third-order valence-electron chi connectivity index (χ3n) is 9.38. The standard InChI is InChI=1S/C34H22O2/c35-30-17-19-16-29-22(11-12-27-21-7-3-4-8-25(21)33(36)28-13-14-34(27,28)29)24-10-9-23-20-6-2-1-5-18(20)15-26(30)32(23)31(19)24/h1-11,13-17,27,29,35-36H,12H2. The maximum Gasteiger partial charge on any atom is 0.127 e. The SMILES string of the molecule is OC1=C2C=CC23C2C=c4cc(O)c5cc6ccccc6c6ccc(c4c56)C2=CCC3c2ccccc21. The van der Waals surface area contributed by atoms with E-state index in [1.54, 1.807) is 0 Å². The van der Waals surface area contributed by atoms with Crippen molar-refractivity contribution in [1.82, 2.24) is 0 Å². The summed E-state index contributed by atoms with van der Waals surface area (Å²) in [4.78, 5) is 0. The van der Waals surface area contributed by atoms with Crippen LogP contribution in [0.1, 0.15) is 29.0 Å². The van der Waals surface area contributed by atoms with Crippen molar-refractivity contribution in [2.75, 3.05) is 0 Å². The van der Waals surface area contributed by atoms with Crippen molar-refractivity contribution in [1.29, 1.82) is 0 Å². The average Bonchev–Trinajstić information content (AvgIpc) is 2.89. The predicted molar refractivity (Wildman–Crippen MR) is 147 cm³/mol. The minimum absolute atomic E-state index is 0.109. The number of aliphatic hydroxyl groups is 1. The van der Waals surface area contributed by atoms with Crippen LogP contribution in [0.2, 0.25) is 0 Å². The Morgan fingerprint density at radius 3 is 2.53 bits per heavy atom. The molecule has 0 saturated heterocycles. The molecule has 0 heterocycles. The van der Waals surface area contributed by atoms with Crippen LogP contribution < -0.4 is 5.22 Å². The van der Waals surface area contributed by atoms with Crippen LogP contribution in [-0.4, -0.2) is 10.2 Å². The van der Waals surface area contributed by atoms with E-state index in [0.717, 1.165) is 38.9 Å². The number of rotatable bonds is 0. The van der Waals surface area contributed by atoms with Gasteiger partial charge in [-0.05, 0) is 62.0 Å². The maximum atomic E-state index is 11.3. The van der Waals surface area contributed by atoms with Crippen LogP contribution in [0.4, 0.5) is 0 Å². The molecule has 36 heavy (non-hydrogen) atoms. The molecular formula is C34H22O2. The minimum Gasteiger partial charge on any atom is -0.507 e. The van der Waals surface area contributed by atoms with Crippen LogP contribution in [0.15, 0.2) is 96.6 Å². The monoisotopic (exact) mass is 462 g/mol. The molecule has 5 aromatic rings. The molecule has 0 saturated carbocycles. The molecule has 0 fully saturated rings. The Morgan fingerprint density at radius 1 is 0.778 bits per heavy atom. The summed E-state index contributed by atoms with van der Waals surface area (Å²) >= 11 is 0. The van der Waals surface area contributed by atoms with Gasteiger partial charge in [0.25, 0.3) is 0 Å². The summed E-state index contributed by atoms with van der Waals surface area (Å²) in [5, 5.41) is 30.5. The van der Waals surface area contributed by atoms with Crippen molar-refractivity contribution in [3.8, 4) is 5.75 Å². The number of hydrogen-bond donors (Lipinski definition) is 2. The van der Waals surface area contributed by atoms with Crippen molar-refractivity contribution in [3.63, 3.8) is 0 Å². The van der Waals surface area contributed by atoms with Crippen LogP contribution >= 0.6 is 0 Å². The quantitative estimate of drug-likeness (QED) is 0.186. The maximum absolute atomic E-state index is 11.3. The van der Waals surface area contributed by atoms with E-state index in [4.69, 9.17) is 0 Å². The van der Waals surface area contributed by atoms with Gasteiger partial charge in [0.15, 0.2) is 0 Å². The van der Waals surface area contributed by atoms with Gasteiger partial charge < -0.3 is 10.2 Å². The summed E-state index contributed by atoms with van der Waals surface area (Å²) in [5.41, 5.74) is 5.60. The van der Waals surface area contributed by atoms with Crippen molar-refractivity contribution >= 4 is 49.7 Å². The third-order valence-corrected chi connectivity index (χ3v) is 9.38. The van der Waals surface area contributed by atoms with Gasteiger partial charge in [-0.15, -0.1) is 0 Å². The highest BCUT2D eigenvalue weighted by Crippen LogP contribution is 2.67. The van der Waals surface area contributed by atoms with E-state index in [1.807, 2.05) is 18.2 Å². The summed E-state index contributed by atoms with van der Waals surface area (Å²) in [6.45, 7) is 0. The predicted octanol–water partition coefficient (Wildman–Crippen LogP) is 7.39. The van der Waals surface area contributed by atoms with Gasteiger partial charge in [0.05, 0.1) is 0 Å². The van der Waals surface area contributed by atoms with Crippen molar-refractivity contribution < 1.29 is 10.2 Å². The molecule has 9 rings (SSSR count). The molecule has 2 nitrogen and oxygen atoms in total. The van der Waals surface area contributed by atoms with Crippen LogP contribution in [0.5, 0.6) is 5.75 Å². The molecule has 0 radical (unpaired) electrons. The average molecular weight is 463 g/mol. The van der Waals surface area contributed by atoms with Gasteiger partial charge in [-0.25, -0.2) is 0 Å². The molecule has 3 atom stereocenters. The normalized spacial score (nSPS) is 25.1. The van der Waals surface area contributed by atoms with Crippen LogP contribution in [0, 0.1) is 11.3 Å². The Balaban J connectivity index is 1.40. The number of phenols is 1. The topological polar surface area (TPSA) is 40.5 Å². The van der Waals surface area contributed by atoms with Gasteiger partial charge in [0.2, 0.25) is 0 Å². The smallest absolute Gasteiger partial charge is 0.127 e. The summed E-state index contributed by atoms with van der Waals surface area (Å²) in [6, 6.07) is 25.4. The Bertz CT molecular complexity index is 2000. The van der Waals surface area contributed by atoms with E-state index in [2.05, 4.69) is 78.9 Å². The molecule has 3 unspecified atom stereocenters. The lowest BCUT2D eigenvalue weighted by atomic mass is 9.47. The molecule has 0 aromatic heterocycles. The highest BCUT2D eigenvalue weighted by molar-refractivity contribution is 6.25. The summed E-state index contributed by atoms with van der Waals surface area (Å²) in [7, 11) is 0. The zero-order chi connectivity index (χ0) is 23.8. The van der Waals surface area contributed by atoms with Crippen molar-refractivity contribution in [2.24, 2.45) is 11.3 Å². The summed E-state index contributed by atoms with van der Waals surface area (Å²) < 4.78 is 0. The molecule has 4 aliphatic rings. The summed E-state index contributed by atoms with van der Waals surface area (Å²) in [5.74, 6) is 1.15. The number of phenolic OH excluding ortho intramolecular Hbond substituents is 1. The Labute approximate surface area is 207 Å². The Hall–Kier alpha value is -4.30. The van der Waals surface area contributed by atoms with Crippen LogP contribution in [-0.2, 0) is 0 Å². The molecule has 2 heteroatoms. The lowest BCUT2D eigenvalue weighted by Gasteiger charge is -2.55. The van der Waals surface area contributed by atoms with Gasteiger partial charge in [0.1, 0.15) is 11.5 Å². The second kappa shape index (κ2) is 6.09. The largest absolute Gasteiger partial charge is 0.507 e. The Kier molecular flexibility index (Phi) is 3.21. The molecule has 170 valence electrons. The van der Waals surface area contributed by atoms with Gasteiger partial charge in [-0.3, -0.25) is 0 Å². The first-order chi connectivity index (χ1) is 17.7. The fourth-order valence-corrected chi connectivity index (χ4v) is 7.86. The van der Waals surface area contributed by atoms with Crippen LogP contribution in [0.25, 0.3) is 49.7 Å². The molecule has 2 N–H and O–H groups in total.